The molecule has 2 aromatic rings. The fraction of sp³-hybridized carbons (Fsp3) is 0.438. The summed E-state index contributed by atoms with van der Waals surface area (Å²) in [7, 11) is -0.458. The monoisotopic (exact) mass is 284 g/mol. The number of fused-ring (bicyclic) bond motifs is 1. The minimum Gasteiger partial charge on any atom is -0.402 e. The quantitative estimate of drug-likeness (QED) is 0.861. The standard InChI is InChI=1S/C16H21BN2O2/c1-15(2)16(3,4)21-17(20-15)14(18)12-9-10-19-13-8-6-5-7-11(12)13/h5-10,14H,18H2,1-4H3/t14-/m1/s1. The van der Waals surface area contributed by atoms with Gasteiger partial charge in [0.25, 0.3) is 0 Å². The average molecular weight is 284 g/mol. The van der Waals surface area contributed by atoms with Crippen LogP contribution in [0.4, 0.5) is 0 Å². The Balaban J connectivity index is 1.97. The van der Waals surface area contributed by atoms with Gasteiger partial charge in [0.1, 0.15) is 0 Å². The summed E-state index contributed by atoms with van der Waals surface area (Å²) in [5.41, 5.74) is 7.61. The number of para-hydroxylation sites is 1. The lowest BCUT2D eigenvalue weighted by atomic mass is 9.74. The number of aromatic nitrogens is 1. The largest absolute Gasteiger partial charge is 0.480 e. The fourth-order valence-electron chi connectivity index (χ4n) is 2.59. The van der Waals surface area contributed by atoms with Crippen molar-refractivity contribution in [1.29, 1.82) is 0 Å². The van der Waals surface area contributed by atoms with E-state index in [2.05, 4.69) is 4.98 Å². The topological polar surface area (TPSA) is 57.4 Å². The summed E-state index contributed by atoms with van der Waals surface area (Å²) in [6.07, 6.45) is 1.78. The molecule has 21 heavy (non-hydrogen) atoms. The second-order valence-corrected chi connectivity index (χ2v) is 6.57. The van der Waals surface area contributed by atoms with E-state index >= 15 is 0 Å². The Morgan fingerprint density at radius 2 is 1.67 bits per heavy atom. The lowest BCUT2D eigenvalue weighted by molar-refractivity contribution is 0.00578. The molecular formula is C16H21BN2O2. The van der Waals surface area contributed by atoms with Crippen molar-refractivity contribution in [3.8, 4) is 0 Å². The van der Waals surface area contributed by atoms with Crippen LogP contribution in [0.15, 0.2) is 36.5 Å². The molecule has 0 spiro atoms. The van der Waals surface area contributed by atoms with E-state index in [0.717, 1.165) is 16.5 Å². The van der Waals surface area contributed by atoms with Crippen molar-refractivity contribution in [3.63, 3.8) is 0 Å². The van der Waals surface area contributed by atoms with Gasteiger partial charge in [-0.25, -0.2) is 0 Å². The van der Waals surface area contributed by atoms with E-state index in [1.165, 1.54) is 0 Å². The predicted octanol–water partition coefficient (Wildman–Crippen LogP) is 2.87. The van der Waals surface area contributed by atoms with Gasteiger partial charge in [0.2, 0.25) is 0 Å². The molecule has 0 bridgehead atoms. The van der Waals surface area contributed by atoms with Crippen molar-refractivity contribution in [2.24, 2.45) is 5.73 Å². The van der Waals surface area contributed by atoms with Gasteiger partial charge >= 0.3 is 7.12 Å². The molecule has 1 fully saturated rings. The zero-order valence-electron chi connectivity index (χ0n) is 13.0. The van der Waals surface area contributed by atoms with E-state index < -0.39 is 7.12 Å². The van der Waals surface area contributed by atoms with Gasteiger partial charge < -0.3 is 15.0 Å². The molecule has 0 amide bonds. The van der Waals surface area contributed by atoms with Crippen LogP contribution in [-0.4, -0.2) is 23.3 Å². The highest BCUT2D eigenvalue weighted by molar-refractivity contribution is 6.47. The van der Waals surface area contributed by atoms with E-state index in [4.69, 9.17) is 15.0 Å². The maximum absolute atomic E-state index is 6.43. The van der Waals surface area contributed by atoms with Crippen LogP contribution in [0.3, 0.4) is 0 Å². The zero-order chi connectivity index (χ0) is 15.3. The van der Waals surface area contributed by atoms with Gasteiger partial charge in [-0.2, -0.15) is 0 Å². The Kier molecular flexibility index (Phi) is 3.32. The van der Waals surface area contributed by atoms with Gasteiger partial charge in [0, 0.05) is 11.6 Å². The third-order valence-electron chi connectivity index (χ3n) is 4.61. The molecule has 3 rings (SSSR count). The van der Waals surface area contributed by atoms with Gasteiger partial charge in [-0.05, 0) is 45.4 Å². The first-order chi connectivity index (χ1) is 9.82. The first-order valence-electron chi connectivity index (χ1n) is 7.27. The molecule has 1 atom stereocenters. The SMILES string of the molecule is CC1(C)OB([C@H](N)c2ccnc3ccccc23)OC1(C)C. The lowest BCUT2D eigenvalue weighted by Gasteiger charge is -2.32. The van der Waals surface area contributed by atoms with Gasteiger partial charge in [-0.1, -0.05) is 18.2 Å². The molecule has 1 saturated heterocycles. The Labute approximate surface area is 125 Å². The normalized spacial score (nSPS) is 21.7. The molecule has 0 aliphatic carbocycles. The van der Waals surface area contributed by atoms with Crippen LogP contribution in [0.1, 0.15) is 39.2 Å². The molecule has 1 aliphatic heterocycles. The van der Waals surface area contributed by atoms with Crippen LogP contribution >= 0.6 is 0 Å². The average Bonchev–Trinajstić information content (AvgIpc) is 2.66. The highest BCUT2D eigenvalue weighted by atomic mass is 16.7. The molecule has 110 valence electrons. The second-order valence-electron chi connectivity index (χ2n) is 6.57. The van der Waals surface area contributed by atoms with Crippen molar-refractivity contribution < 1.29 is 9.31 Å². The summed E-state index contributed by atoms with van der Waals surface area (Å²) in [5.74, 6) is -0.348. The van der Waals surface area contributed by atoms with Crippen LogP contribution in [0.2, 0.25) is 0 Å². The molecular weight excluding hydrogens is 263 g/mol. The molecule has 1 aromatic heterocycles. The van der Waals surface area contributed by atoms with Gasteiger partial charge in [0.05, 0.1) is 22.7 Å². The summed E-state index contributed by atoms with van der Waals surface area (Å²) in [4.78, 5) is 4.37. The van der Waals surface area contributed by atoms with E-state index in [1.807, 2.05) is 58.0 Å². The van der Waals surface area contributed by atoms with E-state index in [9.17, 15) is 0 Å². The Morgan fingerprint density at radius 1 is 1.05 bits per heavy atom. The number of rotatable bonds is 2. The molecule has 4 nitrogen and oxygen atoms in total. The van der Waals surface area contributed by atoms with E-state index in [1.54, 1.807) is 6.20 Å². The molecule has 1 aromatic carbocycles. The summed E-state index contributed by atoms with van der Waals surface area (Å²) < 4.78 is 12.1. The number of nitrogens with two attached hydrogens (primary N) is 1. The van der Waals surface area contributed by atoms with Crippen LogP contribution in [0, 0.1) is 0 Å². The third-order valence-corrected chi connectivity index (χ3v) is 4.61. The third kappa shape index (κ3) is 2.35. The van der Waals surface area contributed by atoms with Crippen LogP contribution in [0.25, 0.3) is 10.9 Å². The number of nitrogens with zero attached hydrogens (tertiary/aromatic N) is 1. The van der Waals surface area contributed by atoms with Crippen molar-refractivity contribution in [1.82, 2.24) is 4.98 Å². The molecule has 0 radical (unpaired) electrons. The van der Waals surface area contributed by atoms with Crippen molar-refractivity contribution in [2.45, 2.75) is 44.8 Å². The molecule has 0 unspecified atom stereocenters. The van der Waals surface area contributed by atoms with Gasteiger partial charge in [0.15, 0.2) is 0 Å². The summed E-state index contributed by atoms with van der Waals surface area (Å²) in [5, 5.41) is 1.04. The Bertz CT molecular complexity index is 651. The Hall–Kier alpha value is -1.43. The molecule has 5 heteroatoms. The minimum atomic E-state index is -0.458. The zero-order valence-corrected chi connectivity index (χ0v) is 13.0. The summed E-state index contributed by atoms with van der Waals surface area (Å²) >= 11 is 0. The van der Waals surface area contributed by atoms with E-state index in [-0.39, 0.29) is 17.1 Å². The van der Waals surface area contributed by atoms with Crippen molar-refractivity contribution in [3.05, 3.63) is 42.1 Å². The van der Waals surface area contributed by atoms with Crippen LogP contribution in [0.5, 0.6) is 0 Å². The predicted molar refractivity (Wildman–Crippen MR) is 84.8 cm³/mol. The molecule has 2 heterocycles. The van der Waals surface area contributed by atoms with Crippen LogP contribution < -0.4 is 5.73 Å². The van der Waals surface area contributed by atoms with E-state index in [0.29, 0.717) is 0 Å². The number of benzene rings is 1. The number of hydrogen-bond donors (Lipinski definition) is 1. The minimum absolute atomic E-state index is 0.348. The highest BCUT2D eigenvalue weighted by Gasteiger charge is 2.53. The molecule has 2 N–H and O–H groups in total. The second kappa shape index (κ2) is 4.80. The van der Waals surface area contributed by atoms with Crippen molar-refractivity contribution in [2.75, 3.05) is 0 Å². The molecule has 1 aliphatic rings. The summed E-state index contributed by atoms with van der Waals surface area (Å²) in [6, 6.07) is 9.92. The first-order valence-corrected chi connectivity index (χ1v) is 7.27. The maximum atomic E-state index is 6.43. The van der Waals surface area contributed by atoms with Crippen LogP contribution in [-0.2, 0) is 9.31 Å². The lowest BCUT2D eigenvalue weighted by Crippen LogP contribution is -2.41. The van der Waals surface area contributed by atoms with Crippen molar-refractivity contribution >= 4 is 18.0 Å². The number of hydrogen-bond acceptors (Lipinski definition) is 4. The highest BCUT2D eigenvalue weighted by Crippen LogP contribution is 2.40. The Morgan fingerprint density at radius 3 is 2.33 bits per heavy atom. The fourth-order valence-corrected chi connectivity index (χ4v) is 2.59. The summed E-state index contributed by atoms with van der Waals surface area (Å²) in [6.45, 7) is 8.13. The maximum Gasteiger partial charge on any atom is 0.480 e. The van der Waals surface area contributed by atoms with Gasteiger partial charge in [-0.3, -0.25) is 4.98 Å². The first kappa shape index (κ1) is 14.5. The molecule has 0 saturated carbocycles. The van der Waals surface area contributed by atoms with Gasteiger partial charge in [-0.15, -0.1) is 0 Å². The number of pyridine rings is 1. The smallest absolute Gasteiger partial charge is 0.402 e.